The Morgan fingerprint density at radius 1 is 0.964 bits per heavy atom. The lowest BCUT2D eigenvalue weighted by Gasteiger charge is -2.17. The maximum atomic E-state index is 12.6. The van der Waals surface area contributed by atoms with Gasteiger partial charge in [0.1, 0.15) is 22.8 Å². The molecule has 0 unspecified atom stereocenters. The number of ketones is 1. The van der Waals surface area contributed by atoms with E-state index in [9.17, 15) is 24.3 Å². The average Bonchev–Trinajstić information content (AvgIpc) is 2.94. The fraction of sp³-hybridized carbons (Fsp3) is 0. The number of benzene rings is 2. The summed E-state index contributed by atoms with van der Waals surface area (Å²) in [5.74, 6) is -2.34. The summed E-state index contributed by atoms with van der Waals surface area (Å²) >= 11 is 0. The minimum Gasteiger partial charge on any atom is -0.507 e. The number of nitrogens with one attached hydrogen (secondary N) is 1. The fourth-order valence-corrected chi connectivity index (χ4v) is 2.81. The molecule has 2 aromatic rings. The highest BCUT2D eigenvalue weighted by Gasteiger charge is 2.37. The van der Waals surface area contributed by atoms with Gasteiger partial charge in [-0.2, -0.15) is 0 Å². The first kappa shape index (κ1) is 17.2. The number of Topliss-reactive ketones (excluding diaryl/α,β-unsaturated/α-hetero) is 1. The number of hydrogen-bond donors (Lipinski definition) is 2. The molecule has 1 fully saturated rings. The van der Waals surface area contributed by atoms with Gasteiger partial charge in [-0.3, -0.25) is 9.59 Å². The highest BCUT2D eigenvalue weighted by Crippen LogP contribution is 2.28. The number of aromatic hydroxyl groups is 1. The molecule has 8 nitrogen and oxygen atoms in total. The lowest BCUT2D eigenvalue weighted by molar-refractivity contribution is -0.130. The summed E-state index contributed by atoms with van der Waals surface area (Å²) in [5, 5.41) is 12.2. The van der Waals surface area contributed by atoms with Crippen LogP contribution >= 0.6 is 0 Å². The summed E-state index contributed by atoms with van der Waals surface area (Å²) in [7, 11) is 0. The monoisotopic (exact) mass is 376 g/mol. The number of urea groups is 1. The number of carbonyl (C=O) groups excluding carboxylic acids is 4. The topological polar surface area (TPSA) is 113 Å². The van der Waals surface area contributed by atoms with Crippen LogP contribution in [0.3, 0.4) is 0 Å². The molecule has 4 rings (SSSR count). The van der Waals surface area contributed by atoms with Crippen LogP contribution in [0, 0.1) is 0 Å². The van der Waals surface area contributed by atoms with E-state index in [0.29, 0.717) is 10.5 Å². The molecule has 2 heterocycles. The molecular formula is C20H12N2O6. The number of nitrogens with zero attached hydrogens (tertiary/aromatic N) is 1. The molecule has 2 aliphatic heterocycles. The van der Waals surface area contributed by atoms with Gasteiger partial charge < -0.3 is 15.2 Å². The first-order chi connectivity index (χ1) is 13.5. The molecule has 0 bridgehead atoms. The molecule has 3 amide bonds. The van der Waals surface area contributed by atoms with E-state index in [0.717, 1.165) is 6.20 Å². The Kier molecular flexibility index (Phi) is 4.00. The highest BCUT2D eigenvalue weighted by molar-refractivity contribution is 6.28. The number of amides is 3. The van der Waals surface area contributed by atoms with Gasteiger partial charge in [0.05, 0.1) is 5.56 Å². The third-order valence-corrected chi connectivity index (χ3v) is 4.20. The molecule has 28 heavy (non-hydrogen) atoms. The molecule has 0 saturated carbocycles. The van der Waals surface area contributed by atoms with Crippen LogP contribution in [0.15, 0.2) is 66.0 Å². The number of rotatable bonds is 2. The number of esters is 1. The normalized spacial score (nSPS) is 19.1. The molecule has 2 aliphatic rings. The van der Waals surface area contributed by atoms with Crippen LogP contribution in [0.1, 0.15) is 15.9 Å². The SMILES string of the molecule is O=C1Oc2ccccc2C(=O)/C1=C/N1C(=O)N/C(=C/c2ccccc2O)C1=O. The van der Waals surface area contributed by atoms with Crippen molar-refractivity contribution in [3.8, 4) is 11.5 Å². The predicted octanol–water partition coefficient (Wildman–Crippen LogP) is 1.97. The molecule has 0 aliphatic carbocycles. The third-order valence-electron chi connectivity index (χ3n) is 4.20. The zero-order valence-electron chi connectivity index (χ0n) is 14.2. The Labute approximate surface area is 158 Å². The summed E-state index contributed by atoms with van der Waals surface area (Å²) < 4.78 is 5.09. The summed E-state index contributed by atoms with van der Waals surface area (Å²) in [5.41, 5.74) is -0.0699. The zero-order valence-corrected chi connectivity index (χ0v) is 14.2. The van der Waals surface area contributed by atoms with Crippen molar-refractivity contribution in [2.45, 2.75) is 0 Å². The first-order valence-electron chi connectivity index (χ1n) is 8.17. The van der Waals surface area contributed by atoms with Crippen LogP contribution in [0.5, 0.6) is 11.5 Å². The van der Waals surface area contributed by atoms with Gasteiger partial charge in [-0.1, -0.05) is 30.3 Å². The number of phenolic OH excluding ortho intramolecular Hbond substituents is 1. The molecule has 0 aromatic heterocycles. The van der Waals surface area contributed by atoms with Crippen LogP contribution < -0.4 is 10.1 Å². The second-order valence-electron chi connectivity index (χ2n) is 5.98. The van der Waals surface area contributed by atoms with Gasteiger partial charge in [0.2, 0.25) is 5.78 Å². The van der Waals surface area contributed by atoms with Gasteiger partial charge in [-0.05, 0) is 24.3 Å². The van der Waals surface area contributed by atoms with Gasteiger partial charge in [0, 0.05) is 11.8 Å². The van der Waals surface area contributed by atoms with E-state index in [2.05, 4.69) is 5.32 Å². The van der Waals surface area contributed by atoms with E-state index in [4.69, 9.17) is 4.74 Å². The molecule has 0 spiro atoms. The van der Waals surface area contributed by atoms with Crippen molar-refractivity contribution in [2.75, 3.05) is 0 Å². The molecule has 8 heteroatoms. The van der Waals surface area contributed by atoms with Crippen LogP contribution in [0.4, 0.5) is 4.79 Å². The van der Waals surface area contributed by atoms with Crippen LogP contribution in [-0.4, -0.2) is 33.7 Å². The summed E-state index contributed by atoms with van der Waals surface area (Å²) in [6.07, 6.45) is 2.16. The lowest BCUT2D eigenvalue weighted by Crippen LogP contribution is -2.31. The van der Waals surface area contributed by atoms with Crippen molar-refractivity contribution in [3.05, 3.63) is 77.1 Å². The van der Waals surface area contributed by atoms with E-state index in [1.807, 2.05) is 0 Å². The fourth-order valence-electron chi connectivity index (χ4n) is 2.81. The van der Waals surface area contributed by atoms with Crippen LogP contribution in [0.2, 0.25) is 0 Å². The number of hydrogen-bond acceptors (Lipinski definition) is 6. The summed E-state index contributed by atoms with van der Waals surface area (Å²) in [6, 6.07) is 11.6. The maximum absolute atomic E-state index is 12.6. The Morgan fingerprint density at radius 3 is 2.46 bits per heavy atom. The second-order valence-corrected chi connectivity index (χ2v) is 5.98. The zero-order chi connectivity index (χ0) is 19.8. The van der Waals surface area contributed by atoms with Gasteiger partial charge >= 0.3 is 12.0 Å². The van der Waals surface area contributed by atoms with E-state index in [1.165, 1.54) is 24.3 Å². The van der Waals surface area contributed by atoms with Gasteiger partial charge in [0.25, 0.3) is 5.91 Å². The predicted molar refractivity (Wildman–Crippen MR) is 96.0 cm³/mol. The minimum atomic E-state index is -0.956. The van der Waals surface area contributed by atoms with Crippen molar-refractivity contribution >= 4 is 29.8 Å². The van der Waals surface area contributed by atoms with Crippen LogP contribution in [0.25, 0.3) is 6.08 Å². The third kappa shape index (κ3) is 2.82. The summed E-state index contributed by atoms with van der Waals surface area (Å²) in [4.78, 5) is 50.1. The molecule has 1 saturated heterocycles. The van der Waals surface area contributed by atoms with E-state index in [-0.39, 0.29) is 22.8 Å². The number of fused-ring (bicyclic) bond motifs is 1. The van der Waals surface area contributed by atoms with E-state index >= 15 is 0 Å². The quantitative estimate of drug-likeness (QED) is 0.272. The number of carbonyl (C=O) groups is 4. The Hall–Kier alpha value is -4.20. The van der Waals surface area contributed by atoms with Crippen LogP contribution in [-0.2, 0) is 9.59 Å². The number of imide groups is 1. The van der Waals surface area contributed by atoms with E-state index < -0.39 is 29.3 Å². The Morgan fingerprint density at radius 2 is 1.68 bits per heavy atom. The number of ether oxygens (including phenoxy) is 1. The molecule has 0 radical (unpaired) electrons. The molecular weight excluding hydrogens is 364 g/mol. The molecule has 0 atom stereocenters. The van der Waals surface area contributed by atoms with E-state index in [1.54, 1.807) is 30.3 Å². The largest absolute Gasteiger partial charge is 0.507 e. The van der Waals surface area contributed by atoms with Crippen molar-refractivity contribution < 1.29 is 29.0 Å². The van der Waals surface area contributed by atoms with Crippen molar-refractivity contribution in [1.29, 1.82) is 0 Å². The maximum Gasteiger partial charge on any atom is 0.349 e. The van der Waals surface area contributed by atoms with Crippen molar-refractivity contribution in [1.82, 2.24) is 10.2 Å². The Balaban J connectivity index is 1.68. The van der Waals surface area contributed by atoms with Gasteiger partial charge in [-0.15, -0.1) is 0 Å². The molecule has 2 aromatic carbocycles. The van der Waals surface area contributed by atoms with Gasteiger partial charge in [-0.25, -0.2) is 14.5 Å². The lowest BCUT2D eigenvalue weighted by atomic mass is 10.0. The minimum absolute atomic E-state index is 0.0727. The smallest absolute Gasteiger partial charge is 0.349 e. The molecule has 2 N–H and O–H groups in total. The Bertz CT molecular complexity index is 1120. The number of phenols is 1. The molecule has 138 valence electrons. The van der Waals surface area contributed by atoms with Crippen molar-refractivity contribution in [3.63, 3.8) is 0 Å². The number of para-hydroxylation sites is 2. The van der Waals surface area contributed by atoms with Gasteiger partial charge in [0.15, 0.2) is 0 Å². The first-order valence-corrected chi connectivity index (χ1v) is 8.17. The van der Waals surface area contributed by atoms with Crippen molar-refractivity contribution in [2.24, 2.45) is 0 Å². The standard InChI is InChI=1S/C20H12N2O6/c23-15-7-3-1-5-11(15)9-14-18(25)22(20(27)21-14)10-13-17(24)12-6-2-4-8-16(12)28-19(13)26/h1-10,23H,(H,21,27)/b13-10-,14-9+. The summed E-state index contributed by atoms with van der Waals surface area (Å²) in [6.45, 7) is 0. The average molecular weight is 376 g/mol. The highest BCUT2D eigenvalue weighted by atomic mass is 16.5. The second kappa shape index (κ2) is 6.51.